The molecule has 0 unspecified atom stereocenters. The molecule has 0 aliphatic heterocycles. The van der Waals surface area contributed by atoms with Crippen molar-refractivity contribution in [1.82, 2.24) is 9.97 Å². The van der Waals surface area contributed by atoms with Crippen LogP contribution >= 0.6 is 0 Å². The standard InChI is InChI=1S/C15H16N2O2/c1-8-5-9(2)11(4)13(10(8)3)14-12(15(18)19)6-16-7-17-14/h5-7H,1-4H3,(H,18,19). The van der Waals surface area contributed by atoms with Crippen LogP contribution < -0.4 is 0 Å². The fourth-order valence-electron chi connectivity index (χ4n) is 2.26. The lowest BCUT2D eigenvalue weighted by molar-refractivity contribution is 0.0697. The molecule has 0 fully saturated rings. The third-order valence-electron chi connectivity index (χ3n) is 3.55. The Kier molecular flexibility index (Phi) is 3.34. The fourth-order valence-corrected chi connectivity index (χ4v) is 2.26. The van der Waals surface area contributed by atoms with Crippen LogP contribution in [0.2, 0.25) is 0 Å². The molecule has 0 aliphatic rings. The van der Waals surface area contributed by atoms with E-state index in [1.165, 1.54) is 12.5 Å². The molecule has 1 aromatic carbocycles. The Balaban J connectivity index is 2.83. The monoisotopic (exact) mass is 256 g/mol. The third-order valence-corrected chi connectivity index (χ3v) is 3.55. The van der Waals surface area contributed by atoms with Gasteiger partial charge in [0, 0.05) is 11.8 Å². The molecular weight excluding hydrogens is 240 g/mol. The van der Waals surface area contributed by atoms with Crippen LogP contribution in [-0.4, -0.2) is 21.0 Å². The van der Waals surface area contributed by atoms with Gasteiger partial charge in [0.1, 0.15) is 11.9 Å². The van der Waals surface area contributed by atoms with Crippen LogP contribution in [0.1, 0.15) is 32.6 Å². The van der Waals surface area contributed by atoms with Gasteiger partial charge in [-0.05, 0) is 49.9 Å². The SMILES string of the molecule is Cc1cc(C)c(C)c(-c2ncncc2C(=O)O)c1C. The largest absolute Gasteiger partial charge is 0.478 e. The van der Waals surface area contributed by atoms with Gasteiger partial charge in [-0.1, -0.05) is 6.07 Å². The summed E-state index contributed by atoms with van der Waals surface area (Å²) < 4.78 is 0. The fraction of sp³-hybridized carbons (Fsp3) is 0.267. The average molecular weight is 256 g/mol. The number of benzene rings is 1. The lowest BCUT2D eigenvalue weighted by atomic mass is 9.91. The van der Waals surface area contributed by atoms with Crippen LogP contribution in [0.3, 0.4) is 0 Å². The highest BCUT2D eigenvalue weighted by atomic mass is 16.4. The molecule has 1 aromatic heterocycles. The van der Waals surface area contributed by atoms with Gasteiger partial charge in [0.05, 0.1) is 5.69 Å². The minimum Gasteiger partial charge on any atom is -0.478 e. The summed E-state index contributed by atoms with van der Waals surface area (Å²) in [7, 11) is 0. The maximum atomic E-state index is 11.3. The van der Waals surface area contributed by atoms with Crippen LogP contribution in [0.15, 0.2) is 18.6 Å². The molecule has 4 nitrogen and oxygen atoms in total. The quantitative estimate of drug-likeness (QED) is 0.896. The highest BCUT2D eigenvalue weighted by Gasteiger charge is 2.18. The Hall–Kier alpha value is -2.23. The Morgan fingerprint density at radius 3 is 2.21 bits per heavy atom. The van der Waals surface area contributed by atoms with Crippen molar-refractivity contribution in [2.24, 2.45) is 0 Å². The summed E-state index contributed by atoms with van der Waals surface area (Å²) in [5, 5.41) is 9.27. The summed E-state index contributed by atoms with van der Waals surface area (Å²) in [5.41, 5.74) is 5.91. The van der Waals surface area contributed by atoms with Gasteiger partial charge in [0.25, 0.3) is 0 Å². The summed E-state index contributed by atoms with van der Waals surface area (Å²) in [5.74, 6) is -1.01. The van der Waals surface area contributed by atoms with Gasteiger partial charge in [0.2, 0.25) is 0 Å². The first kappa shape index (κ1) is 13.2. The second-order valence-corrected chi connectivity index (χ2v) is 4.73. The van der Waals surface area contributed by atoms with Crippen LogP contribution in [0.5, 0.6) is 0 Å². The van der Waals surface area contributed by atoms with Crippen LogP contribution in [-0.2, 0) is 0 Å². The summed E-state index contributed by atoms with van der Waals surface area (Å²) >= 11 is 0. The highest BCUT2D eigenvalue weighted by molar-refractivity contribution is 5.95. The molecule has 19 heavy (non-hydrogen) atoms. The highest BCUT2D eigenvalue weighted by Crippen LogP contribution is 2.31. The second kappa shape index (κ2) is 4.80. The molecule has 0 saturated heterocycles. The van der Waals surface area contributed by atoms with Gasteiger partial charge < -0.3 is 5.11 Å². The lowest BCUT2D eigenvalue weighted by Gasteiger charge is -2.15. The van der Waals surface area contributed by atoms with Crippen LogP contribution in [0.4, 0.5) is 0 Å². The van der Waals surface area contributed by atoms with Gasteiger partial charge in [-0.3, -0.25) is 0 Å². The summed E-state index contributed by atoms with van der Waals surface area (Å²) in [6.45, 7) is 8.02. The van der Waals surface area contributed by atoms with E-state index in [1.807, 2.05) is 27.7 Å². The molecule has 0 spiro atoms. The van der Waals surface area contributed by atoms with Gasteiger partial charge in [-0.25, -0.2) is 14.8 Å². The molecule has 0 radical (unpaired) electrons. The molecule has 1 N–H and O–H groups in total. The summed E-state index contributed by atoms with van der Waals surface area (Å²) in [4.78, 5) is 19.3. The molecule has 2 rings (SSSR count). The van der Waals surface area contributed by atoms with Crippen molar-refractivity contribution < 1.29 is 9.90 Å². The zero-order valence-corrected chi connectivity index (χ0v) is 11.5. The first-order valence-electron chi connectivity index (χ1n) is 6.04. The number of hydrogen-bond acceptors (Lipinski definition) is 3. The average Bonchev–Trinajstić information content (AvgIpc) is 2.37. The van der Waals surface area contributed by atoms with E-state index < -0.39 is 5.97 Å². The predicted molar refractivity (Wildman–Crippen MR) is 73.4 cm³/mol. The Morgan fingerprint density at radius 1 is 1.11 bits per heavy atom. The number of nitrogens with zero attached hydrogens (tertiary/aromatic N) is 2. The normalized spacial score (nSPS) is 10.5. The van der Waals surface area contributed by atoms with Gasteiger partial charge in [-0.2, -0.15) is 0 Å². The van der Waals surface area contributed by atoms with E-state index in [1.54, 1.807) is 0 Å². The molecule has 0 atom stereocenters. The maximum Gasteiger partial charge on any atom is 0.339 e. The number of carboxylic acid groups (broad SMARTS) is 1. The molecule has 1 heterocycles. The minimum atomic E-state index is -1.01. The van der Waals surface area contributed by atoms with E-state index in [-0.39, 0.29) is 5.56 Å². The smallest absolute Gasteiger partial charge is 0.339 e. The minimum absolute atomic E-state index is 0.138. The van der Waals surface area contributed by atoms with Crippen molar-refractivity contribution in [2.75, 3.05) is 0 Å². The van der Waals surface area contributed by atoms with E-state index >= 15 is 0 Å². The maximum absolute atomic E-state index is 11.3. The van der Waals surface area contributed by atoms with Gasteiger partial charge in [-0.15, -0.1) is 0 Å². The summed E-state index contributed by atoms with van der Waals surface area (Å²) in [6, 6.07) is 2.11. The molecule has 4 heteroatoms. The zero-order chi connectivity index (χ0) is 14.2. The number of rotatable bonds is 2. The van der Waals surface area contributed by atoms with Crippen molar-refractivity contribution in [3.05, 3.63) is 46.4 Å². The van der Waals surface area contributed by atoms with Crippen LogP contribution in [0, 0.1) is 27.7 Å². The summed E-state index contributed by atoms with van der Waals surface area (Å²) in [6.07, 6.45) is 2.74. The van der Waals surface area contributed by atoms with E-state index in [9.17, 15) is 9.90 Å². The Bertz CT molecular complexity index is 637. The number of carboxylic acids is 1. The van der Waals surface area contributed by atoms with E-state index in [4.69, 9.17) is 0 Å². The number of carbonyl (C=O) groups is 1. The Morgan fingerprint density at radius 2 is 1.68 bits per heavy atom. The van der Waals surface area contributed by atoms with Crippen molar-refractivity contribution in [1.29, 1.82) is 0 Å². The zero-order valence-electron chi connectivity index (χ0n) is 11.5. The van der Waals surface area contributed by atoms with E-state index in [2.05, 4.69) is 16.0 Å². The number of hydrogen-bond donors (Lipinski definition) is 1. The van der Waals surface area contributed by atoms with Gasteiger partial charge >= 0.3 is 5.97 Å². The molecule has 2 aromatic rings. The molecular formula is C15H16N2O2. The van der Waals surface area contributed by atoms with Crippen molar-refractivity contribution in [3.63, 3.8) is 0 Å². The first-order chi connectivity index (χ1) is 8.93. The number of aromatic nitrogens is 2. The van der Waals surface area contributed by atoms with E-state index in [0.29, 0.717) is 5.69 Å². The molecule has 0 aliphatic carbocycles. The van der Waals surface area contributed by atoms with Crippen LogP contribution in [0.25, 0.3) is 11.3 Å². The predicted octanol–water partition coefficient (Wildman–Crippen LogP) is 3.08. The second-order valence-electron chi connectivity index (χ2n) is 4.73. The lowest BCUT2D eigenvalue weighted by Crippen LogP contribution is -2.05. The van der Waals surface area contributed by atoms with E-state index in [0.717, 1.165) is 27.8 Å². The van der Waals surface area contributed by atoms with Crippen molar-refractivity contribution >= 4 is 5.97 Å². The molecule has 0 saturated carbocycles. The van der Waals surface area contributed by atoms with Crippen molar-refractivity contribution in [2.45, 2.75) is 27.7 Å². The van der Waals surface area contributed by atoms with Crippen molar-refractivity contribution in [3.8, 4) is 11.3 Å². The molecule has 0 bridgehead atoms. The Labute approximate surface area is 112 Å². The number of aromatic carboxylic acids is 1. The topological polar surface area (TPSA) is 63.1 Å². The third kappa shape index (κ3) is 2.21. The number of aryl methyl sites for hydroxylation is 2. The molecule has 98 valence electrons. The first-order valence-corrected chi connectivity index (χ1v) is 6.04. The van der Waals surface area contributed by atoms with Gasteiger partial charge in [0.15, 0.2) is 0 Å². The molecule has 0 amide bonds.